The van der Waals surface area contributed by atoms with Crippen LogP contribution in [0, 0.1) is 5.82 Å². The van der Waals surface area contributed by atoms with Gasteiger partial charge in [-0.05, 0) is 55.5 Å². The normalized spacial score (nSPS) is 10.1. The summed E-state index contributed by atoms with van der Waals surface area (Å²) in [6.45, 7) is 6.40. The first kappa shape index (κ1) is 15.8. The number of benzene rings is 2. The Kier molecular flexibility index (Phi) is 5.31. The molecule has 0 bridgehead atoms. The van der Waals surface area contributed by atoms with Crippen LogP contribution in [0.5, 0.6) is 5.75 Å². The van der Waals surface area contributed by atoms with Crippen LogP contribution in [-0.2, 0) is 0 Å². The van der Waals surface area contributed by atoms with E-state index in [1.165, 1.54) is 24.3 Å². The Bertz CT molecular complexity index is 648. The molecule has 0 fully saturated rings. The van der Waals surface area contributed by atoms with Crippen LogP contribution in [0.2, 0.25) is 0 Å². The number of allylic oxidation sites excluding steroid dienone is 1. The summed E-state index contributed by atoms with van der Waals surface area (Å²) in [5.74, 6) is 0.326. The van der Waals surface area contributed by atoms with Gasteiger partial charge >= 0.3 is 0 Å². The molecule has 0 aromatic heterocycles. The van der Waals surface area contributed by atoms with E-state index in [9.17, 15) is 9.18 Å². The molecule has 0 unspecified atom stereocenters. The zero-order valence-corrected chi connectivity index (χ0v) is 12.4. The maximum absolute atomic E-state index is 12.8. The molecule has 2 rings (SSSR count). The van der Waals surface area contributed by atoms with Gasteiger partial charge in [0.05, 0.1) is 13.0 Å². The van der Waals surface area contributed by atoms with Gasteiger partial charge in [-0.3, -0.25) is 4.79 Å². The lowest BCUT2D eigenvalue weighted by molar-refractivity contribution is 0.0993. The summed E-state index contributed by atoms with van der Waals surface area (Å²) in [4.78, 5) is 12.1. The molecule has 22 heavy (non-hydrogen) atoms. The van der Waals surface area contributed by atoms with Gasteiger partial charge in [0.1, 0.15) is 11.6 Å². The Hall–Kier alpha value is -2.62. The van der Waals surface area contributed by atoms with E-state index < -0.39 is 0 Å². The number of carbonyl (C=O) groups excluding carboxylic acids is 1. The van der Waals surface area contributed by atoms with Crippen molar-refractivity contribution in [2.75, 3.05) is 11.9 Å². The van der Waals surface area contributed by atoms with Gasteiger partial charge in [-0.25, -0.2) is 4.39 Å². The molecule has 1 N–H and O–H groups in total. The molecule has 0 saturated carbocycles. The first-order valence-corrected chi connectivity index (χ1v) is 7.05. The largest absolute Gasteiger partial charge is 0.494 e. The molecule has 0 radical (unpaired) electrons. The number of nitrogens with one attached hydrogen (secondary N) is 1. The van der Waals surface area contributed by atoms with E-state index in [2.05, 4.69) is 11.9 Å². The second-order valence-corrected chi connectivity index (χ2v) is 4.79. The van der Waals surface area contributed by atoms with Gasteiger partial charge in [0.15, 0.2) is 5.78 Å². The van der Waals surface area contributed by atoms with Crippen LogP contribution in [0.25, 0.3) is 0 Å². The minimum absolute atomic E-state index is 0.108. The summed E-state index contributed by atoms with van der Waals surface area (Å²) in [5.41, 5.74) is 1.88. The Morgan fingerprint density at radius 2 is 1.77 bits per heavy atom. The number of ketones is 1. The fourth-order valence-corrected chi connectivity index (χ4v) is 1.98. The zero-order valence-electron chi connectivity index (χ0n) is 12.4. The van der Waals surface area contributed by atoms with E-state index in [-0.39, 0.29) is 18.0 Å². The van der Waals surface area contributed by atoms with Crippen LogP contribution in [0.15, 0.2) is 60.8 Å². The smallest absolute Gasteiger partial charge is 0.168 e. The molecule has 2 aromatic rings. The van der Waals surface area contributed by atoms with E-state index in [4.69, 9.17) is 4.74 Å². The van der Waals surface area contributed by atoms with Crippen molar-refractivity contribution in [3.63, 3.8) is 0 Å². The predicted octanol–water partition coefficient (Wildman–Crippen LogP) is 4.42. The quantitative estimate of drug-likeness (QED) is 0.769. The van der Waals surface area contributed by atoms with Crippen LogP contribution in [0.3, 0.4) is 0 Å². The lowest BCUT2D eigenvalue weighted by Crippen LogP contribution is -2.06. The first-order valence-electron chi connectivity index (χ1n) is 7.05. The molecule has 3 nitrogen and oxygen atoms in total. The van der Waals surface area contributed by atoms with Gasteiger partial charge in [0.2, 0.25) is 0 Å². The van der Waals surface area contributed by atoms with Gasteiger partial charge in [0.25, 0.3) is 0 Å². The average molecular weight is 299 g/mol. The topological polar surface area (TPSA) is 38.3 Å². The highest BCUT2D eigenvalue weighted by Gasteiger charge is 2.08. The summed E-state index contributed by atoms with van der Waals surface area (Å²) in [6.07, 6.45) is 0.152. The molecular weight excluding hydrogens is 281 g/mol. The minimum Gasteiger partial charge on any atom is -0.494 e. The third-order valence-corrected chi connectivity index (χ3v) is 3.03. The summed E-state index contributed by atoms with van der Waals surface area (Å²) in [7, 11) is 0. The minimum atomic E-state index is -0.358. The van der Waals surface area contributed by atoms with Crippen molar-refractivity contribution in [2.45, 2.75) is 13.3 Å². The van der Waals surface area contributed by atoms with Crippen LogP contribution in [0.1, 0.15) is 23.7 Å². The highest BCUT2D eigenvalue weighted by atomic mass is 19.1. The predicted molar refractivity (Wildman–Crippen MR) is 85.7 cm³/mol. The van der Waals surface area contributed by atoms with E-state index in [0.717, 1.165) is 11.4 Å². The fraction of sp³-hybridized carbons (Fsp3) is 0.167. The Morgan fingerprint density at radius 3 is 2.36 bits per heavy atom. The number of hydrogen-bond acceptors (Lipinski definition) is 3. The number of anilines is 1. The standard InChI is InChI=1S/C18H18FNO2/c1-3-22-17-10-8-16(9-11-17)20-13(2)12-18(21)14-4-6-15(19)7-5-14/h4-11,20H,2-3,12H2,1H3. The van der Waals surface area contributed by atoms with Crippen molar-refractivity contribution >= 4 is 11.5 Å². The summed E-state index contributed by atoms with van der Waals surface area (Å²) >= 11 is 0. The maximum atomic E-state index is 12.8. The second kappa shape index (κ2) is 7.41. The lowest BCUT2D eigenvalue weighted by Gasteiger charge is -2.10. The molecule has 0 aliphatic rings. The van der Waals surface area contributed by atoms with Crippen molar-refractivity contribution < 1.29 is 13.9 Å². The van der Waals surface area contributed by atoms with E-state index in [1.54, 1.807) is 0 Å². The number of hydrogen-bond donors (Lipinski definition) is 1. The van der Waals surface area contributed by atoms with Crippen LogP contribution in [0.4, 0.5) is 10.1 Å². The van der Waals surface area contributed by atoms with Gasteiger partial charge in [-0.2, -0.15) is 0 Å². The number of halogens is 1. The van der Waals surface area contributed by atoms with Gasteiger partial charge in [0, 0.05) is 16.9 Å². The molecule has 0 amide bonds. The number of ether oxygens (including phenoxy) is 1. The average Bonchev–Trinajstić information content (AvgIpc) is 2.50. The number of carbonyl (C=O) groups is 1. The maximum Gasteiger partial charge on any atom is 0.168 e. The number of rotatable bonds is 7. The van der Waals surface area contributed by atoms with Crippen LogP contribution >= 0.6 is 0 Å². The summed E-state index contributed by atoms with van der Waals surface area (Å²) in [6, 6.07) is 12.9. The molecule has 0 heterocycles. The first-order chi connectivity index (χ1) is 10.6. The fourth-order valence-electron chi connectivity index (χ4n) is 1.98. The molecular formula is C18H18FNO2. The highest BCUT2D eigenvalue weighted by molar-refractivity contribution is 5.97. The van der Waals surface area contributed by atoms with Crippen molar-refractivity contribution in [1.82, 2.24) is 0 Å². The van der Waals surface area contributed by atoms with Crippen molar-refractivity contribution in [1.29, 1.82) is 0 Å². The van der Waals surface area contributed by atoms with Gasteiger partial charge < -0.3 is 10.1 Å². The Balaban J connectivity index is 1.92. The van der Waals surface area contributed by atoms with Crippen molar-refractivity contribution in [3.8, 4) is 5.75 Å². The van der Waals surface area contributed by atoms with Gasteiger partial charge in [-0.1, -0.05) is 6.58 Å². The van der Waals surface area contributed by atoms with E-state index >= 15 is 0 Å². The lowest BCUT2D eigenvalue weighted by atomic mass is 10.1. The second-order valence-electron chi connectivity index (χ2n) is 4.79. The summed E-state index contributed by atoms with van der Waals surface area (Å²) < 4.78 is 18.2. The number of Topliss-reactive ketones (excluding diaryl/α,β-unsaturated/α-hetero) is 1. The third-order valence-electron chi connectivity index (χ3n) is 3.03. The SMILES string of the molecule is C=C(CC(=O)c1ccc(F)cc1)Nc1ccc(OCC)cc1. The molecule has 0 spiro atoms. The molecule has 4 heteroatoms. The van der Waals surface area contributed by atoms with E-state index in [1.807, 2.05) is 31.2 Å². The third kappa shape index (κ3) is 4.45. The molecule has 0 aliphatic carbocycles. The Morgan fingerprint density at radius 1 is 1.14 bits per heavy atom. The molecule has 2 aromatic carbocycles. The summed E-state index contributed by atoms with van der Waals surface area (Å²) in [5, 5.41) is 3.08. The molecule has 0 saturated heterocycles. The molecule has 0 aliphatic heterocycles. The highest BCUT2D eigenvalue weighted by Crippen LogP contribution is 2.18. The van der Waals surface area contributed by atoms with Crippen molar-refractivity contribution in [2.24, 2.45) is 0 Å². The molecule has 0 atom stereocenters. The van der Waals surface area contributed by atoms with Crippen molar-refractivity contribution in [3.05, 3.63) is 72.2 Å². The van der Waals surface area contributed by atoms with Gasteiger partial charge in [-0.15, -0.1) is 0 Å². The Labute approximate surface area is 129 Å². The van der Waals surface area contributed by atoms with E-state index in [0.29, 0.717) is 17.9 Å². The van der Waals surface area contributed by atoms with Crippen LogP contribution in [-0.4, -0.2) is 12.4 Å². The molecule has 114 valence electrons. The zero-order chi connectivity index (χ0) is 15.9. The monoisotopic (exact) mass is 299 g/mol. The van der Waals surface area contributed by atoms with Crippen LogP contribution < -0.4 is 10.1 Å².